The van der Waals surface area contributed by atoms with E-state index in [4.69, 9.17) is 16.6 Å². The number of carboxylic acids is 2. The molecule has 0 aromatic heterocycles. The van der Waals surface area contributed by atoms with Gasteiger partial charge in [-0.3, -0.25) is 14.4 Å². The van der Waals surface area contributed by atoms with Crippen molar-refractivity contribution in [2.45, 2.75) is 56.7 Å². The molecule has 3 atom stereocenters. The second-order valence-corrected chi connectivity index (χ2v) is 7.05. The van der Waals surface area contributed by atoms with E-state index >= 15 is 0 Å². The molecule has 0 saturated heterocycles. The third-order valence-corrected chi connectivity index (χ3v) is 4.46. The van der Waals surface area contributed by atoms with E-state index in [1.807, 2.05) is 6.26 Å². The summed E-state index contributed by atoms with van der Waals surface area (Å²) in [5, 5.41) is 22.8. The number of nitrogens with one attached hydrogen (secondary N) is 2. The molecule has 0 spiro atoms. The molecule has 2 amide bonds. The van der Waals surface area contributed by atoms with E-state index in [1.54, 1.807) is 0 Å². The molecule has 0 aliphatic heterocycles. The van der Waals surface area contributed by atoms with Crippen molar-refractivity contribution in [3.8, 4) is 0 Å². The Labute approximate surface area is 162 Å². The minimum absolute atomic E-state index is 0.0606. The normalized spacial score (nSPS) is 14.0. The first-order chi connectivity index (χ1) is 12.7. The van der Waals surface area contributed by atoms with Crippen LogP contribution in [0.3, 0.4) is 0 Å². The molecule has 11 heteroatoms. The molecular weight excluding hydrogens is 376 g/mol. The Kier molecular flexibility index (Phi) is 13.3. The molecule has 27 heavy (non-hydrogen) atoms. The van der Waals surface area contributed by atoms with Crippen molar-refractivity contribution in [3.05, 3.63) is 0 Å². The van der Waals surface area contributed by atoms with Gasteiger partial charge in [0.1, 0.15) is 12.1 Å². The lowest BCUT2D eigenvalue weighted by atomic mass is 10.1. The Morgan fingerprint density at radius 1 is 0.963 bits per heavy atom. The first-order valence-corrected chi connectivity index (χ1v) is 10.1. The SMILES string of the molecule is CSCCC(NC(=O)C(N)CCC(=O)O)C(=O)NC(CCCCN)C(=O)O. The molecule has 0 saturated carbocycles. The highest BCUT2D eigenvalue weighted by atomic mass is 32.2. The van der Waals surface area contributed by atoms with Crippen LogP contribution < -0.4 is 22.1 Å². The fourth-order valence-electron chi connectivity index (χ4n) is 2.22. The smallest absolute Gasteiger partial charge is 0.326 e. The summed E-state index contributed by atoms with van der Waals surface area (Å²) in [6.45, 7) is 0.431. The van der Waals surface area contributed by atoms with Crippen LogP contribution in [0.25, 0.3) is 0 Å². The number of amides is 2. The van der Waals surface area contributed by atoms with Gasteiger partial charge in [0.2, 0.25) is 11.8 Å². The molecule has 0 aliphatic carbocycles. The lowest BCUT2D eigenvalue weighted by Gasteiger charge is -2.22. The van der Waals surface area contributed by atoms with Gasteiger partial charge < -0.3 is 32.3 Å². The average molecular weight is 407 g/mol. The lowest BCUT2D eigenvalue weighted by molar-refractivity contribution is -0.142. The number of hydrogen-bond donors (Lipinski definition) is 6. The monoisotopic (exact) mass is 406 g/mol. The van der Waals surface area contributed by atoms with E-state index in [2.05, 4.69) is 10.6 Å². The number of carbonyl (C=O) groups excluding carboxylic acids is 2. The van der Waals surface area contributed by atoms with Crippen molar-refractivity contribution >= 4 is 35.5 Å². The first kappa shape index (κ1) is 25.1. The first-order valence-electron chi connectivity index (χ1n) is 8.72. The van der Waals surface area contributed by atoms with Crippen LogP contribution in [0.5, 0.6) is 0 Å². The van der Waals surface area contributed by atoms with Crippen molar-refractivity contribution in [2.24, 2.45) is 11.5 Å². The molecular formula is C16H30N4O6S. The summed E-state index contributed by atoms with van der Waals surface area (Å²) < 4.78 is 0. The van der Waals surface area contributed by atoms with Crippen LogP contribution in [0.4, 0.5) is 0 Å². The van der Waals surface area contributed by atoms with Crippen molar-refractivity contribution in [1.29, 1.82) is 0 Å². The Hall–Kier alpha value is -1.85. The van der Waals surface area contributed by atoms with E-state index in [1.165, 1.54) is 11.8 Å². The van der Waals surface area contributed by atoms with Gasteiger partial charge in [0.05, 0.1) is 6.04 Å². The second-order valence-electron chi connectivity index (χ2n) is 6.07. The molecule has 0 heterocycles. The number of thioether (sulfide) groups is 1. The molecule has 0 rings (SSSR count). The van der Waals surface area contributed by atoms with Gasteiger partial charge in [-0.05, 0) is 50.7 Å². The predicted molar refractivity (Wildman–Crippen MR) is 102 cm³/mol. The number of nitrogens with two attached hydrogens (primary N) is 2. The number of rotatable bonds is 15. The second kappa shape index (κ2) is 14.2. The topological polar surface area (TPSA) is 185 Å². The fourth-order valence-corrected chi connectivity index (χ4v) is 2.69. The van der Waals surface area contributed by atoms with Gasteiger partial charge in [-0.2, -0.15) is 11.8 Å². The number of unbranched alkanes of at least 4 members (excludes halogenated alkanes) is 1. The highest BCUT2D eigenvalue weighted by Crippen LogP contribution is 2.06. The zero-order valence-corrected chi connectivity index (χ0v) is 16.3. The van der Waals surface area contributed by atoms with E-state index < -0.39 is 41.9 Å². The van der Waals surface area contributed by atoms with Crippen LogP contribution in [0.15, 0.2) is 0 Å². The number of carboxylic acid groups (broad SMARTS) is 2. The largest absolute Gasteiger partial charge is 0.481 e. The molecule has 3 unspecified atom stereocenters. The van der Waals surface area contributed by atoms with Crippen LogP contribution in [0, 0.1) is 0 Å². The Bertz CT molecular complexity index is 505. The summed E-state index contributed by atoms with van der Waals surface area (Å²) in [4.78, 5) is 46.5. The molecule has 156 valence electrons. The highest BCUT2D eigenvalue weighted by molar-refractivity contribution is 7.98. The average Bonchev–Trinajstić information content (AvgIpc) is 2.61. The third-order valence-electron chi connectivity index (χ3n) is 3.81. The maximum absolute atomic E-state index is 12.5. The standard InChI is InChI=1S/C16H30N4O6S/c1-27-9-7-11(19-14(23)10(18)5-6-13(21)22)15(24)20-12(16(25)26)4-2-3-8-17/h10-12H,2-9,17-18H2,1H3,(H,19,23)(H,20,24)(H,21,22)(H,25,26). The molecule has 0 fully saturated rings. The number of hydrogen-bond acceptors (Lipinski definition) is 7. The van der Waals surface area contributed by atoms with E-state index in [0.29, 0.717) is 31.6 Å². The van der Waals surface area contributed by atoms with Crippen molar-refractivity contribution in [1.82, 2.24) is 10.6 Å². The van der Waals surface area contributed by atoms with Gasteiger partial charge >= 0.3 is 11.9 Å². The summed E-state index contributed by atoms with van der Waals surface area (Å²) in [6.07, 6.45) is 3.23. The van der Waals surface area contributed by atoms with Crippen LogP contribution in [-0.4, -0.2) is 70.6 Å². The molecule has 0 aliphatic rings. The van der Waals surface area contributed by atoms with Crippen LogP contribution >= 0.6 is 11.8 Å². The van der Waals surface area contributed by atoms with Crippen LogP contribution in [0.2, 0.25) is 0 Å². The summed E-state index contributed by atoms with van der Waals surface area (Å²) in [6, 6.07) is -3.08. The van der Waals surface area contributed by atoms with E-state index in [0.717, 1.165) is 0 Å². The molecule has 10 nitrogen and oxygen atoms in total. The minimum Gasteiger partial charge on any atom is -0.481 e. The minimum atomic E-state index is -1.16. The number of aliphatic carboxylic acids is 2. The fraction of sp³-hybridized carbons (Fsp3) is 0.750. The maximum Gasteiger partial charge on any atom is 0.326 e. The van der Waals surface area contributed by atoms with E-state index in [9.17, 15) is 24.3 Å². The highest BCUT2D eigenvalue weighted by Gasteiger charge is 2.27. The Morgan fingerprint density at radius 2 is 1.59 bits per heavy atom. The summed E-state index contributed by atoms with van der Waals surface area (Å²) >= 11 is 1.47. The van der Waals surface area contributed by atoms with Gasteiger partial charge in [0.15, 0.2) is 0 Å². The van der Waals surface area contributed by atoms with Gasteiger partial charge in [-0.15, -0.1) is 0 Å². The molecule has 0 bridgehead atoms. The summed E-state index contributed by atoms with van der Waals surface area (Å²) in [5.41, 5.74) is 11.0. The van der Waals surface area contributed by atoms with Crippen LogP contribution in [0.1, 0.15) is 38.5 Å². The third kappa shape index (κ3) is 11.5. The predicted octanol–water partition coefficient (Wildman–Crippen LogP) is -0.885. The summed E-state index contributed by atoms with van der Waals surface area (Å²) in [7, 11) is 0. The quantitative estimate of drug-likeness (QED) is 0.188. The maximum atomic E-state index is 12.5. The molecule has 0 radical (unpaired) electrons. The van der Waals surface area contributed by atoms with Crippen molar-refractivity contribution < 1.29 is 29.4 Å². The summed E-state index contributed by atoms with van der Waals surface area (Å²) in [5.74, 6) is -2.92. The molecule has 0 aromatic rings. The molecule has 0 aromatic carbocycles. The van der Waals surface area contributed by atoms with Gasteiger partial charge in [0.25, 0.3) is 0 Å². The lowest BCUT2D eigenvalue weighted by Crippen LogP contribution is -2.54. The van der Waals surface area contributed by atoms with Gasteiger partial charge in [0, 0.05) is 6.42 Å². The Balaban J connectivity index is 4.87. The Morgan fingerprint density at radius 3 is 2.11 bits per heavy atom. The number of carbonyl (C=O) groups is 4. The van der Waals surface area contributed by atoms with Crippen molar-refractivity contribution in [3.63, 3.8) is 0 Å². The van der Waals surface area contributed by atoms with Gasteiger partial charge in [-0.25, -0.2) is 4.79 Å². The zero-order chi connectivity index (χ0) is 20.8. The van der Waals surface area contributed by atoms with Gasteiger partial charge in [-0.1, -0.05) is 0 Å². The van der Waals surface area contributed by atoms with Crippen molar-refractivity contribution in [2.75, 3.05) is 18.6 Å². The zero-order valence-electron chi connectivity index (χ0n) is 15.5. The molecule has 8 N–H and O–H groups in total. The van der Waals surface area contributed by atoms with Crippen LogP contribution in [-0.2, 0) is 19.2 Å². The van der Waals surface area contributed by atoms with E-state index in [-0.39, 0.29) is 19.3 Å².